The highest BCUT2D eigenvalue weighted by Crippen LogP contribution is 2.63. The maximum Gasteiger partial charge on any atom is 0.453 e. The number of aromatic hydroxyl groups is 1. The molecule has 3 aliphatic carbocycles. The number of unbranched alkanes of at least 4 members (excludes halogenated alkanes) is 8. The molecule has 6 atom stereocenters. The van der Waals surface area contributed by atoms with E-state index in [1.165, 1.54) is 36.8 Å². The molecule has 1 aromatic carbocycles. The number of alkyl halides is 5. The highest BCUT2D eigenvalue weighted by atomic mass is 19.4. The van der Waals surface area contributed by atoms with Gasteiger partial charge < -0.3 is 15.1 Å². The SMILES string of the molecule is CN(CCCCCCCCC(F)(F)C(F)(F)F)CCCCCC[C@H]1C[C@]2(C)[C@@H](O)CC[C@H]2[C@@H]2CCc3cc(O)ccc3[C@@H]12. The Morgan fingerprint density at radius 2 is 1.49 bits per heavy atom. The third-order valence-electron chi connectivity index (χ3n) is 11.3. The summed E-state index contributed by atoms with van der Waals surface area (Å²) in [6.07, 6.45) is 8.48. The molecule has 2 saturated carbocycles. The summed E-state index contributed by atoms with van der Waals surface area (Å²) in [6, 6.07) is 6.01. The molecule has 0 aromatic heterocycles. The number of rotatable bonds is 16. The molecular weight excluding hydrogens is 561 g/mol. The first-order valence-electron chi connectivity index (χ1n) is 17.0. The second-order valence-electron chi connectivity index (χ2n) is 14.4. The van der Waals surface area contributed by atoms with Gasteiger partial charge in [-0.3, -0.25) is 0 Å². The average Bonchev–Trinajstić information content (AvgIpc) is 3.24. The lowest BCUT2D eigenvalue weighted by Gasteiger charge is -2.54. The van der Waals surface area contributed by atoms with Gasteiger partial charge in [-0.15, -0.1) is 0 Å². The smallest absolute Gasteiger partial charge is 0.453 e. The minimum atomic E-state index is -5.44. The minimum Gasteiger partial charge on any atom is -0.508 e. The normalized spacial score (nSPS) is 29.0. The van der Waals surface area contributed by atoms with Gasteiger partial charge in [0, 0.05) is 6.42 Å². The molecular formula is C35H54F5NO2. The molecule has 3 nitrogen and oxygen atoms in total. The third kappa shape index (κ3) is 8.45. The van der Waals surface area contributed by atoms with Gasteiger partial charge in [0.25, 0.3) is 0 Å². The predicted molar refractivity (Wildman–Crippen MR) is 162 cm³/mol. The molecule has 0 amide bonds. The maximum absolute atomic E-state index is 12.9. The van der Waals surface area contributed by atoms with Gasteiger partial charge in [0.05, 0.1) is 6.10 Å². The van der Waals surface area contributed by atoms with Crippen molar-refractivity contribution in [2.45, 2.75) is 140 Å². The van der Waals surface area contributed by atoms with Gasteiger partial charge in [-0.05, 0) is 130 Å². The molecule has 0 spiro atoms. The van der Waals surface area contributed by atoms with Gasteiger partial charge in [0.2, 0.25) is 0 Å². The molecule has 43 heavy (non-hydrogen) atoms. The van der Waals surface area contributed by atoms with Crippen molar-refractivity contribution in [2.24, 2.45) is 23.2 Å². The van der Waals surface area contributed by atoms with E-state index in [1.54, 1.807) is 0 Å². The Bertz CT molecular complexity index is 1020. The lowest BCUT2D eigenvalue weighted by Crippen LogP contribution is -2.47. The zero-order chi connectivity index (χ0) is 31.3. The van der Waals surface area contributed by atoms with Gasteiger partial charge in [-0.2, -0.15) is 22.0 Å². The zero-order valence-corrected chi connectivity index (χ0v) is 26.3. The van der Waals surface area contributed by atoms with E-state index in [0.29, 0.717) is 42.3 Å². The fourth-order valence-corrected chi connectivity index (χ4v) is 8.96. The van der Waals surface area contributed by atoms with Crippen LogP contribution in [0.15, 0.2) is 18.2 Å². The van der Waals surface area contributed by atoms with Gasteiger partial charge in [-0.25, -0.2) is 0 Å². The number of aliphatic hydroxyl groups is 1. The summed E-state index contributed by atoms with van der Waals surface area (Å²) in [5.74, 6) is -1.86. The van der Waals surface area contributed by atoms with Crippen LogP contribution in [0.25, 0.3) is 0 Å². The number of aliphatic hydroxyl groups excluding tert-OH is 1. The Hall–Kier alpha value is -1.41. The van der Waals surface area contributed by atoms with E-state index < -0.39 is 18.5 Å². The number of nitrogens with zero attached hydrogens (tertiary/aromatic N) is 1. The summed E-state index contributed by atoms with van der Waals surface area (Å²) in [5.41, 5.74) is 2.80. The topological polar surface area (TPSA) is 43.7 Å². The molecule has 2 N–H and O–H groups in total. The van der Waals surface area contributed by atoms with Crippen LogP contribution in [0.3, 0.4) is 0 Å². The van der Waals surface area contributed by atoms with E-state index in [1.807, 2.05) is 12.1 Å². The van der Waals surface area contributed by atoms with Crippen LogP contribution < -0.4 is 0 Å². The lowest BCUT2D eigenvalue weighted by molar-refractivity contribution is -0.284. The number of phenols is 1. The number of benzene rings is 1. The fraction of sp³-hybridized carbons (Fsp3) is 0.829. The van der Waals surface area contributed by atoms with Crippen molar-refractivity contribution in [3.63, 3.8) is 0 Å². The monoisotopic (exact) mass is 615 g/mol. The Labute approximate surface area is 255 Å². The molecule has 3 aliphatic rings. The van der Waals surface area contributed by atoms with Crippen molar-refractivity contribution >= 4 is 0 Å². The summed E-state index contributed by atoms with van der Waals surface area (Å²) in [6.45, 7) is 4.37. The van der Waals surface area contributed by atoms with Crippen LogP contribution in [0.2, 0.25) is 0 Å². The van der Waals surface area contributed by atoms with Crippen molar-refractivity contribution in [1.82, 2.24) is 4.90 Å². The average molecular weight is 616 g/mol. The van der Waals surface area contributed by atoms with E-state index in [0.717, 1.165) is 70.9 Å². The van der Waals surface area contributed by atoms with Crippen molar-refractivity contribution in [2.75, 3.05) is 20.1 Å². The van der Waals surface area contributed by atoms with E-state index >= 15 is 0 Å². The van der Waals surface area contributed by atoms with Crippen LogP contribution in [0.5, 0.6) is 5.75 Å². The van der Waals surface area contributed by atoms with Crippen LogP contribution >= 0.6 is 0 Å². The highest BCUT2D eigenvalue weighted by molar-refractivity contribution is 5.40. The zero-order valence-electron chi connectivity index (χ0n) is 26.3. The molecule has 4 rings (SSSR count). The first-order valence-corrected chi connectivity index (χ1v) is 17.0. The van der Waals surface area contributed by atoms with Gasteiger partial charge in [0.15, 0.2) is 0 Å². The minimum absolute atomic E-state index is 0.0325. The third-order valence-corrected chi connectivity index (χ3v) is 11.3. The Morgan fingerprint density at radius 3 is 2.16 bits per heavy atom. The number of aryl methyl sites for hydroxylation is 1. The summed E-state index contributed by atoms with van der Waals surface area (Å²) < 4.78 is 62.5. The largest absolute Gasteiger partial charge is 0.508 e. The fourth-order valence-electron chi connectivity index (χ4n) is 8.96. The molecule has 0 heterocycles. The second-order valence-corrected chi connectivity index (χ2v) is 14.4. The molecule has 246 valence electrons. The second kappa shape index (κ2) is 14.8. The lowest BCUT2D eigenvalue weighted by atomic mass is 9.51. The van der Waals surface area contributed by atoms with Crippen LogP contribution in [-0.2, 0) is 6.42 Å². The number of halogens is 5. The molecule has 1 aromatic rings. The summed E-state index contributed by atoms with van der Waals surface area (Å²) in [7, 11) is 2.13. The Balaban J connectivity index is 1.11. The summed E-state index contributed by atoms with van der Waals surface area (Å²) in [5, 5.41) is 21.1. The van der Waals surface area contributed by atoms with Crippen molar-refractivity contribution in [1.29, 1.82) is 0 Å². The first kappa shape index (κ1) is 34.5. The van der Waals surface area contributed by atoms with Gasteiger partial charge in [-0.1, -0.05) is 57.9 Å². The molecule has 0 bridgehead atoms. The number of fused-ring (bicyclic) bond motifs is 5. The summed E-state index contributed by atoms with van der Waals surface area (Å²) in [4.78, 5) is 2.34. The molecule has 2 fully saturated rings. The predicted octanol–water partition coefficient (Wildman–Crippen LogP) is 9.65. The van der Waals surface area contributed by atoms with Gasteiger partial charge >= 0.3 is 12.1 Å². The van der Waals surface area contributed by atoms with Crippen LogP contribution in [-0.4, -0.2) is 53.5 Å². The van der Waals surface area contributed by atoms with Crippen molar-refractivity contribution in [3.05, 3.63) is 29.3 Å². The Kier molecular flexibility index (Phi) is 11.9. The molecule has 0 unspecified atom stereocenters. The van der Waals surface area contributed by atoms with E-state index in [-0.39, 0.29) is 17.9 Å². The maximum atomic E-state index is 12.9. The van der Waals surface area contributed by atoms with Crippen LogP contribution in [0.4, 0.5) is 22.0 Å². The highest BCUT2D eigenvalue weighted by Gasteiger charge is 2.57. The number of hydrogen-bond acceptors (Lipinski definition) is 3. The molecule has 0 saturated heterocycles. The number of hydrogen-bond donors (Lipinski definition) is 2. The standard InChI is InChI=1S/C35H54F5NO2/c1-33-24-26(32-28-17-15-27(42)23-25(28)14-16-29(32)30(33)18-19-31(33)43)13-9-5-8-12-22-41(2)21-11-7-4-3-6-10-20-34(36,37)35(38,39)40/h15,17,23,26,29-32,42-43H,3-14,16,18-22,24H2,1-2H3/t26-,29-,30-,31-,32+,33-/m0/s1. The van der Waals surface area contributed by atoms with E-state index in [4.69, 9.17) is 0 Å². The Morgan fingerprint density at radius 1 is 0.860 bits per heavy atom. The quantitative estimate of drug-likeness (QED) is 0.144. The molecule has 8 heteroatoms. The number of phenolic OH excluding ortho intramolecular Hbond substituents is 1. The van der Waals surface area contributed by atoms with Crippen molar-refractivity contribution < 1.29 is 32.2 Å². The van der Waals surface area contributed by atoms with Crippen molar-refractivity contribution in [3.8, 4) is 5.75 Å². The van der Waals surface area contributed by atoms with E-state index in [2.05, 4.69) is 24.9 Å². The van der Waals surface area contributed by atoms with Gasteiger partial charge in [0.1, 0.15) is 5.75 Å². The van der Waals surface area contributed by atoms with E-state index in [9.17, 15) is 32.2 Å². The van der Waals surface area contributed by atoms with Crippen LogP contribution in [0, 0.1) is 23.2 Å². The summed E-state index contributed by atoms with van der Waals surface area (Å²) >= 11 is 0. The molecule has 0 radical (unpaired) electrons. The first-order chi connectivity index (χ1) is 20.3. The van der Waals surface area contributed by atoms with Crippen LogP contribution in [0.1, 0.15) is 127 Å². The molecule has 0 aliphatic heterocycles.